The lowest BCUT2D eigenvalue weighted by Gasteiger charge is -2.29. The maximum Gasteiger partial charge on any atom is 0.471 e. The number of hydrogen-bond donors (Lipinski definition) is 2. The van der Waals surface area contributed by atoms with Gasteiger partial charge in [-0.1, -0.05) is 18.2 Å². The second kappa shape index (κ2) is 10.2. The molecule has 3 aromatic rings. The Labute approximate surface area is 224 Å². The Bertz CT molecular complexity index is 1500. The summed E-state index contributed by atoms with van der Waals surface area (Å²) in [5.74, 6) is -4.51. The van der Waals surface area contributed by atoms with Crippen LogP contribution in [0.5, 0.6) is 11.5 Å². The minimum atomic E-state index is -5.22. The van der Waals surface area contributed by atoms with Crippen LogP contribution in [-0.4, -0.2) is 38.4 Å². The fourth-order valence-electron chi connectivity index (χ4n) is 4.82. The van der Waals surface area contributed by atoms with Crippen LogP contribution in [0.3, 0.4) is 0 Å². The van der Waals surface area contributed by atoms with Gasteiger partial charge in [0, 0.05) is 34.9 Å². The summed E-state index contributed by atoms with van der Waals surface area (Å²) in [5.41, 5.74) is 6.13. The predicted octanol–water partition coefficient (Wildman–Crippen LogP) is 5.36. The number of alkyl halides is 3. The zero-order chi connectivity index (χ0) is 28.8. The molecule has 1 amide bonds. The Balaban J connectivity index is 1.51. The number of nitrogens with two attached hydrogens (primary N) is 1. The number of ether oxygens (including phenoxy) is 3. The molecule has 2 aliphatic rings. The minimum absolute atomic E-state index is 0.0212. The monoisotopic (exact) mass is 563 g/mol. The molecule has 2 aliphatic heterocycles. The normalized spacial score (nSPS) is 17.4. The summed E-state index contributed by atoms with van der Waals surface area (Å²) < 4.78 is 85.2. The van der Waals surface area contributed by atoms with Crippen LogP contribution in [0, 0.1) is 11.6 Å². The number of fused-ring (bicyclic) bond motifs is 2. The maximum atomic E-state index is 14.0. The van der Waals surface area contributed by atoms with E-state index in [1.807, 2.05) is 0 Å². The first-order valence-electron chi connectivity index (χ1n) is 12.0. The lowest BCUT2D eigenvalue weighted by Crippen LogP contribution is -2.44. The molecule has 0 aliphatic carbocycles. The summed E-state index contributed by atoms with van der Waals surface area (Å²) in [6.45, 7) is -0.221. The number of anilines is 4. The van der Waals surface area contributed by atoms with Crippen molar-refractivity contribution in [1.29, 1.82) is 0 Å². The number of esters is 1. The third kappa shape index (κ3) is 4.94. The molecule has 8 nitrogen and oxygen atoms in total. The molecule has 2 heterocycles. The number of nitrogens with zero attached hydrogens (tertiary/aromatic N) is 1. The van der Waals surface area contributed by atoms with Crippen molar-refractivity contribution >= 4 is 34.6 Å². The number of nitrogens with one attached hydrogen (secondary N) is 1. The summed E-state index contributed by atoms with van der Waals surface area (Å²) in [4.78, 5) is 25.0. The maximum absolute atomic E-state index is 14.0. The van der Waals surface area contributed by atoms with E-state index in [0.29, 0.717) is 16.5 Å². The summed E-state index contributed by atoms with van der Waals surface area (Å²) in [5, 5.41) is 2.76. The highest BCUT2D eigenvalue weighted by Crippen LogP contribution is 2.47. The van der Waals surface area contributed by atoms with Crippen molar-refractivity contribution < 1.29 is 45.8 Å². The highest BCUT2D eigenvalue weighted by molar-refractivity contribution is 5.98. The molecule has 0 bridgehead atoms. The molecule has 0 aromatic heterocycles. The lowest BCUT2D eigenvalue weighted by atomic mass is 9.97. The van der Waals surface area contributed by atoms with Crippen LogP contribution in [0.1, 0.15) is 29.5 Å². The second-order valence-electron chi connectivity index (χ2n) is 9.21. The van der Waals surface area contributed by atoms with E-state index in [9.17, 15) is 31.5 Å². The standard InChI is InChI=1S/C27H22F5N3O5/c1-38-23(36)7-13-11-39-22-10-15(5-6-16(13)22)35(26(37)27(30,31)32)21-12-40-25-17(21)3-2-4-19(25)34-20-9-14(28)8-18(29)24(20)33/h2-6,8-10,13,21,34H,7,11-12,33H2,1H3/t13-,21-/m1/s1. The van der Waals surface area contributed by atoms with Gasteiger partial charge in [-0.15, -0.1) is 0 Å². The number of amides is 1. The third-order valence-electron chi connectivity index (χ3n) is 6.72. The van der Waals surface area contributed by atoms with Gasteiger partial charge in [-0.3, -0.25) is 14.5 Å². The van der Waals surface area contributed by atoms with Crippen LogP contribution >= 0.6 is 0 Å². The smallest absolute Gasteiger partial charge is 0.471 e. The Morgan fingerprint density at radius 1 is 1.05 bits per heavy atom. The van der Waals surface area contributed by atoms with E-state index in [1.54, 1.807) is 0 Å². The van der Waals surface area contributed by atoms with Crippen LogP contribution in [-0.2, 0) is 14.3 Å². The number of carbonyl (C=O) groups is 2. The summed E-state index contributed by atoms with van der Waals surface area (Å²) in [7, 11) is 1.25. The molecule has 0 spiro atoms. The fraction of sp³-hybridized carbons (Fsp3) is 0.259. The number of nitrogen functional groups attached to an aromatic ring is 1. The van der Waals surface area contributed by atoms with Crippen LogP contribution in [0.2, 0.25) is 0 Å². The summed E-state index contributed by atoms with van der Waals surface area (Å²) in [6, 6.07) is 9.00. The zero-order valence-corrected chi connectivity index (χ0v) is 20.9. The molecule has 0 radical (unpaired) electrons. The predicted molar refractivity (Wildman–Crippen MR) is 134 cm³/mol. The Kier molecular flexibility index (Phi) is 6.90. The van der Waals surface area contributed by atoms with Crippen molar-refractivity contribution in [1.82, 2.24) is 0 Å². The van der Waals surface area contributed by atoms with Gasteiger partial charge in [0.1, 0.15) is 23.9 Å². The van der Waals surface area contributed by atoms with Crippen molar-refractivity contribution in [3.8, 4) is 11.5 Å². The number of carbonyl (C=O) groups excluding carboxylic acids is 2. The van der Waals surface area contributed by atoms with Gasteiger partial charge in [0.2, 0.25) is 0 Å². The number of rotatable bonds is 6. The molecule has 0 saturated carbocycles. The van der Waals surface area contributed by atoms with Gasteiger partial charge in [-0.2, -0.15) is 13.2 Å². The molecule has 2 atom stereocenters. The average Bonchev–Trinajstić information content (AvgIpc) is 3.51. The molecule has 13 heteroatoms. The van der Waals surface area contributed by atoms with Gasteiger partial charge in [0.15, 0.2) is 5.82 Å². The molecule has 0 fully saturated rings. The first-order valence-corrected chi connectivity index (χ1v) is 12.0. The summed E-state index contributed by atoms with van der Waals surface area (Å²) in [6.07, 6.45) is -5.20. The zero-order valence-electron chi connectivity index (χ0n) is 20.9. The number of halogens is 5. The van der Waals surface area contributed by atoms with E-state index in [2.05, 4.69) is 10.1 Å². The van der Waals surface area contributed by atoms with Gasteiger partial charge < -0.3 is 25.3 Å². The first-order chi connectivity index (χ1) is 19.0. The van der Waals surface area contributed by atoms with E-state index in [4.69, 9.17) is 15.2 Å². The first kappa shape index (κ1) is 27.0. The number of para-hydroxylation sites is 1. The number of benzene rings is 3. The molecular weight excluding hydrogens is 541 g/mol. The van der Waals surface area contributed by atoms with Gasteiger partial charge in [0.25, 0.3) is 0 Å². The molecule has 5 rings (SSSR count). The minimum Gasteiger partial charge on any atom is -0.493 e. The van der Waals surface area contributed by atoms with Crippen molar-refractivity contribution in [2.45, 2.75) is 24.6 Å². The SMILES string of the molecule is COC(=O)C[C@@H]1COc2cc(N(C(=O)C(F)(F)F)[C@@H]3COc4c(Nc5cc(F)cc(F)c5N)cccc43)ccc21. The van der Waals surface area contributed by atoms with E-state index in [1.165, 1.54) is 43.5 Å². The van der Waals surface area contributed by atoms with E-state index in [0.717, 1.165) is 6.07 Å². The van der Waals surface area contributed by atoms with Crippen LogP contribution in [0.15, 0.2) is 48.5 Å². The average molecular weight is 563 g/mol. The van der Waals surface area contributed by atoms with E-state index < -0.39 is 35.7 Å². The quantitative estimate of drug-likeness (QED) is 0.237. The Morgan fingerprint density at radius 2 is 1.82 bits per heavy atom. The van der Waals surface area contributed by atoms with E-state index in [-0.39, 0.29) is 65.4 Å². The van der Waals surface area contributed by atoms with Crippen molar-refractivity contribution in [3.63, 3.8) is 0 Å². The molecule has 3 N–H and O–H groups in total. The topological polar surface area (TPSA) is 103 Å². The highest BCUT2D eigenvalue weighted by Gasteiger charge is 2.48. The molecule has 210 valence electrons. The van der Waals surface area contributed by atoms with Gasteiger partial charge in [-0.05, 0) is 18.2 Å². The van der Waals surface area contributed by atoms with Crippen molar-refractivity contribution in [2.75, 3.05) is 36.3 Å². The van der Waals surface area contributed by atoms with Crippen molar-refractivity contribution in [3.05, 3.63) is 71.3 Å². The molecule has 0 saturated heterocycles. The molecule has 0 unspecified atom stereocenters. The number of methoxy groups -OCH3 is 1. The third-order valence-corrected chi connectivity index (χ3v) is 6.72. The van der Waals surface area contributed by atoms with Gasteiger partial charge in [-0.25, -0.2) is 8.78 Å². The number of hydrogen-bond acceptors (Lipinski definition) is 7. The Hall–Kier alpha value is -4.55. The molecular formula is C27H22F5N3O5. The fourth-order valence-corrected chi connectivity index (χ4v) is 4.82. The van der Waals surface area contributed by atoms with Crippen LogP contribution < -0.4 is 25.4 Å². The highest BCUT2D eigenvalue weighted by atomic mass is 19.4. The molecule has 3 aromatic carbocycles. The largest absolute Gasteiger partial charge is 0.493 e. The molecule has 40 heavy (non-hydrogen) atoms. The second-order valence-corrected chi connectivity index (χ2v) is 9.21. The van der Waals surface area contributed by atoms with E-state index >= 15 is 0 Å². The van der Waals surface area contributed by atoms with Gasteiger partial charge in [0.05, 0.1) is 43.2 Å². The summed E-state index contributed by atoms with van der Waals surface area (Å²) >= 11 is 0. The Morgan fingerprint density at radius 3 is 2.55 bits per heavy atom. The lowest BCUT2D eigenvalue weighted by molar-refractivity contribution is -0.171. The van der Waals surface area contributed by atoms with Crippen LogP contribution in [0.25, 0.3) is 0 Å². The van der Waals surface area contributed by atoms with Crippen molar-refractivity contribution in [2.24, 2.45) is 0 Å². The van der Waals surface area contributed by atoms with Gasteiger partial charge >= 0.3 is 18.1 Å². The van der Waals surface area contributed by atoms with Crippen LogP contribution in [0.4, 0.5) is 44.7 Å².